The van der Waals surface area contributed by atoms with Crippen LogP contribution >= 0.6 is 0 Å². The fraction of sp³-hybridized carbons (Fsp3) is 0.273. The Morgan fingerprint density at radius 1 is 1.07 bits per heavy atom. The number of aromatic nitrogens is 2. The number of rotatable bonds is 7. The van der Waals surface area contributed by atoms with E-state index in [1.165, 1.54) is 16.7 Å². The van der Waals surface area contributed by atoms with Crippen LogP contribution < -0.4 is 5.32 Å². The number of hydrogen-bond acceptors (Lipinski definition) is 2. The highest BCUT2D eigenvalue weighted by atomic mass is 15.3. The topological polar surface area (TPSA) is 45.5 Å². The Hall–Kier alpha value is -3.08. The van der Waals surface area contributed by atoms with Crippen LogP contribution in [0, 0.1) is 0 Å². The van der Waals surface area contributed by atoms with Crippen molar-refractivity contribution in [2.45, 2.75) is 26.6 Å². The number of aliphatic imine (C=N–C) groups is 1. The summed E-state index contributed by atoms with van der Waals surface area (Å²) < 4.78 is 2.07. The van der Waals surface area contributed by atoms with Crippen molar-refractivity contribution in [2.24, 2.45) is 4.99 Å². The van der Waals surface area contributed by atoms with Crippen molar-refractivity contribution in [2.75, 3.05) is 13.6 Å². The Bertz CT molecular complexity index is 840. The molecular weight excluding hydrogens is 334 g/mol. The van der Waals surface area contributed by atoms with Gasteiger partial charge in [0.1, 0.15) is 0 Å². The number of nitrogens with zero attached hydrogens (tertiary/aromatic N) is 4. The molecule has 1 heterocycles. The van der Waals surface area contributed by atoms with Crippen LogP contribution in [-0.2, 0) is 19.6 Å². The molecule has 27 heavy (non-hydrogen) atoms. The van der Waals surface area contributed by atoms with Crippen molar-refractivity contribution in [1.82, 2.24) is 19.8 Å². The molecule has 1 N–H and O–H groups in total. The molecule has 0 radical (unpaired) electrons. The van der Waals surface area contributed by atoms with E-state index < -0.39 is 0 Å². The minimum atomic E-state index is 0.652. The summed E-state index contributed by atoms with van der Waals surface area (Å²) in [6.07, 6.45) is 5.62. The summed E-state index contributed by atoms with van der Waals surface area (Å²) >= 11 is 0. The van der Waals surface area contributed by atoms with Gasteiger partial charge in [-0.1, -0.05) is 54.6 Å². The van der Waals surface area contributed by atoms with Gasteiger partial charge in [0.15, 0.2) is 5.96 Å². The summed E-state index contributed by atoms with van der Waals surface area (Å²) in [6, 6.07) is 19.0. The number of benzene rings is 2. The van der Waals surface area contributed by atoms with Crippen molar-refractivity contribution in [3.8, 4) is 0 Å². The SMILES string of the molecule is CCNC(=NCc1cccc(Cn2ccnc2)c1)N(C)Cc1ccccc1. The normalized spacial score (nSPS) is 11.4. The smallest absolute Gasteiger partial charge is 0.194 e. The maximum absolute atomic E-state index is 4.83. The van der Waals surface area contributed by atoms with E-state index in [0.717, 1.165) is 25.6 Å². The van der Waals surface area contributed by atoms with Gasteiger partial charge in [-0.2, -0.15) is 0 Å². The summed E-state index contributed by atoms with van der Waals surface area (Å²) in [6.45, 7) is 5.24. The van der Waals surface area contributed by atoms with Crippen LogP contribution in [0.2, 0.25) is 0 Å². The fourth-order valence-electron chi connectivity index (χ4n) is 2.99. The molecule has 0 saturated carbocycles. The summed E-state index contributed by atoms with van der Waals surface area (Å²) in [5.41, 5.74) is 3.73. The first-order valence-electron chi connectivity index (χ1n) is 9.31. The molecule has 3 rings (SSSR count). The Kier molecular flexibility index (Phi) is 6.63. The van der Waals surface area contributed by atoms with Crippen LogP contribution in [0.15, 0.2) is 78.3 Å². The highest BCUT2D eigenvalue weighted by molar-refractivity contribution is 5.79. The zero-order valence-corrected chi connectivity index (χ0v) is 16.0. The third-order valence-corrected chi connectivity index (χ3v) is 4.29. The van der Waals surface area contributed by atoms with Crippen molar-refractivity contribution >= 4 is 5.96 Å². The average Bonchev–Trinajstić information content (AvgIpc) is 3.19. The second kappa shape index (κ2) is 9.57. The summed E-state index contributed by atoms with van der Waals surface area (Å²) in [7, 11) is 2.07. The number of hydrogen-bond donors (Lipinski definition) is 1. The van der Waals surface area contributed by atoms with Gasteiger partial charge in [0.2, 0.25) is 0 Å². The molecule has 140 valence electrons. The monoisotopic (exact) mass is 361 g/mol. The zero-order chi connectivity index (χ0) is 18.9. The molecule has 0 bridgehead atoms. The highest BCUT2D eigenvalue weighted by Crippen LogP contribution is 2.09. The maximum Gasteiger partial charge on any atom is 0.194 e. The predicted molar refractivity (Wildman–Crippen MR) is 110 cm³/mol. The van der Waals surface area contributed by atoms with E-state index in [4.69, 9.17) is 4.99 Å². The molecule has 5 nitrogen and oxygen atoms in total. The average molecular weight is 361 g/mol. The Morgan fingerprint density at radius 3 is 2.59 bits per heavy atom. The second-order valence-corrected chi connectivity index (χ2v) is 6.57. The molecule has 0 amide bonds. The van der Waals surface area contributed by atoms with Crippen molar-refractivity contribution in [3.05, 3.63) is 90.0 Å². The predicted octanol–water partition coefficient (Wildman–Crippen LogP) is 3.53. The molecule has 2 aromatic carbocycles. The molecule has 0 spiro atoms. The Labute approximate surface area is 161 Å². The molecule has 5 heteroatoms. The van der Waals surface area contributed by atoms with Gasteiger partial charge in [0.05, 0.1) is 12.9 Å². The minimum Gasteiger partial charge on any atom is -0.357 e. The fourth-order valence-corrected chi connectivity index (χ4v) is 2.99. The quantitative estimate of drug-likeness (QED) is 0.517. The van der Waals surface area contributed by atoms with Gasteiger partial charge in [-0.05, 0) is 23.6 Å². The molecule has 0 aliphatic carbocycles. The number of imidazole rings is 1. The molecule has 0 aliphatic heterocycles. The lowest BCUT2D eigenvalue weighted by molar-refractivity contribution is 0.477. The Morgan fingerprint density at radius 2 is 1.85 bits per heavy atom. The van der Waals surface area contributed by atoms with Gasteiger partial charge in [-0.3, -0.25) is 0 Å². The number of guanidine groups is 1. The number of nitrogens with one attached hydrogen (secondary N) is 1. The van der Waals surface area contributed by atoms with E-state index in [1.807, 2.05) is 18.6 Å². The van der Waals surface area contributed by atoms with E-state index in [1.54, 1.807) is 6.20 Å². The molecule has 0 fully saturated rings. The maximum atomic E-state index is 4.83. The molecule has 0 atom stereocenters. The molecule has 1 aromatic heterocycles. The largest absolute Gasteiger partial charge is 0.357 e. The third-order valence-electron chi connectivity index (χ3n) is 4.29. The molecular formula is C22H27N5. The van der Waals surface area contributed by atoms with Crippen molar-refractivity contribution in [3.63, 3.8) is 0 Å². The van der Waals surface area contributed by atoms with Gasteiger partial charge >= 0.3 is 0 Å². The standard InChI is InChI=1S/C22H27N5/c1-3-24-22(26(2)16-19-8-5-4-6-9-19)25-15-20-10-7-11-21(14-20)17-27-13-12-23-18-27/h4-14,18H,3,15-17H2,1-2H3,(H,24,25). The van der Waals surface area contributed by atoms with Crippen molar-refractivity contribution in [1.29, 1.82) is 0 Å². The first-order chi connectivity index (χ1) is 13.2. The van der Waals surface area contributed by atoms with Crippen LogP contribution in [0.4, 0.5) is 0 Å². The van der Waals surface area contributed by atoms with E-state index >= 15 is 0 Å². The molecule has 0 unspecified atom stereocenters. The lowest BCUT2D eigenvalue weighted by Crippen LogP contribution is -2.38. The van der Waals surface area contributed by atoms with Gasteiger partial charge in [-0.15, -0.1) is 0 Å². The van der Waals surface area contributed by atoms with Gasteiger partial charge in [-0.25, -0.2) is 9.98 Å². The summed E-state index contributed by atoms with van der Waals surface area (Å²) in [5, 5.41) is 3.39. The summed E-state index contributed by atoms with van der Waals surface area (Å²) in [4.78, 5) is 11.1. The van der Waals surface area contributed by atoms with Crippen LogP contribution in [0.5, 0.6) is 0 Å². The molecule has 3 aromatic rings. The van der Waals surface area contributed by atoms with E-state index in [9.17, 15) is 0 Å². The van der Waals surface area contributed by atoms with Crippen LogP contribution in [-0.4, -0.2) is 34.0 Å². The Balaban J connectivity index is 1.67. The third kappa shape index (κ3) is 5.71. The zero-order valence-electron chi connectivity index (χ0n) is 16.0. The van der Waals surface area contributed by atoms with E-state index in [0.29, 0.717) is 6.54 Å². The lowest BCUT2D eigenvalue weighted by atomic mass is 10.1. The highest BCUT2D eigenvalue weighted by Gasteiger charge is 2.06. The van der Waals surface area contributed by atoms with Crippen molar-refractivity contribution < 1.29 is 0 Å². The van der Waals surface area contributed by atoms with Gasteiger partial charge < -0.3 is 14.8 Å². The van der Waals surface area contributed by atoms with Crippen LogP contribution in [0.1, 0.15) is 23.6 Å². The first-order valence-corrected chi connectivity index (χ1v) is 9.31. The second-order valence-electron chi connectivity index (χ2n) is 6.57. The minimum absolute atomic E-state index is 0.652. The van der Waals surface area contributed by atoms with Gasteiger partial charge in [0.25, 0.3) is 0 Å². The van der Waals surface area contributed by atoms with E-state index in [2.05, 4.69) is 82.3 Å². The lowest BCUT2D eigenvalue weighted by Gasteiger charge is -2.22. The molecule has 0 saturated heterocycles. The van der Waals surface area contributed by atoms with Gasteiger partial charge in [0, 0.05) is 39.1 Å². The molecule has 0 aliphatic rings. The van der Waals surface area contributed by atoms with Crippen LogP contribution in [0.25, 0.3) is 0 Å². The summed E-state index contributed by atoms with van der Waals surface area (Å²) in [5.74, 6) is 0.918. The van der Waals surface area contributed by atoms with Crippen LogP contribution in [0.3, 0.4) is 0 Å². The first kappa shape index (κ1) is 18.7. The van der Waals surface area contributed by atoms with E-state index in [-0.39, 0.29) is 0 Å².